The maximum absolute atomic E-state index is 13.6. The fraction of sp³-hybridized carbons (Fsp3) is 0.360. The zero-order valence-electron chi connectivity index (χ0n) is 18.1. The summed E-state index contributed by atoms with van der Waals surface area (Å²) >= 11 is 5.98. The van der Waals surface area contributed by atoms with E-state index in [0.717, 1.165) is 12.8 Å². The van der Waals surface area contributed by atoms with Gasteiger partial charge in [-0.3, -0.25) is 19.3 Å². The summed E-state index contributed by atoms with van der Waals surface area (Å²) in [4.78, 5) is 55.7. The molecule has 3 aliphatic rings. The van der Waals surface area contributed by atoms with Gasteiger partial charge in [0.25, 0.3) is 0 Å². The van der Waals surface area contributed by atoms with Crippen molar-refractivity contribution < 1.29 is 23.9 Å². The Morgan fingerprint density at radius 3 is 2.27 bits per heavy atom. The molecule has 0 spiro atoms. The SMILES string of the molecule is CCOC(=O)c1ccc(N2C(=O)[C@@H]3[C@H](C2=O)[C@H](C(=O)c2ccc(Cl)cc2)N2CCC[C@@H]32)cc1. The third-order valence-electron chi connectivity index (χ3n) is 6.89. The second-order valence-electron chi connectivity index (χ2n) is 8.59. The molecule has 2 amide bonds. The number of carbonyl (C=O) groups is 4. The number of benzene rings is 2. The predicted octanol–water partition coefficient (Wildman–Crippen LogP) is 3.35. The van der Waals surface area contributed by atoms with Gasteiger partial charge in [-0.25, -0.2) is 9.69 Å². The van der Waals surface area contributed by atoms with Crippen molar-refractivity contribution in [3.63, 3.8) is 0 Å². The second-order valence-corrected chi connectivity index (χ2v) is 9.03. The highest BCUT2D eigenvalue weighted by atomic mass is 35.5. The molecule has 0 bridgehead atoms. The van der Waals surface area contributed by atoms with Gasteiger partial charge in [-0.15, -0.1) is 0 Å². The topological polar surface area (TPSA) is 84.0 Å². The molecule has 33 heavy (non-hydrogen) atoms. The van der Waals surface area contributed by atoms with Crippen LogP contribution in [0.5, 0.6) is 0 Å². The van der Waals surface area contributed by atoms with Gasteiger partial charge < -0.3 is 4.74 Å². The first-order chi connectivity index (χ1) is 15.9. The molecule has 0 radical (unpaired) electrons. The Balaban J connectivity index is 1.47. The lowest BCUT2D eigenvalue weighted by atomic mass is 9.85. The van der Waals surface area contributed by atoms with Crippen molar-refractivity contribution in [2.75, 3.05) is 18.1 Å². The Labute approximate surface area is 196 Å². The number of halogens is 1. The van der Waals surface area contributed by atoms with Crippen LogP contribution in [0.25, 0.3) is 0 Å². The van der Waals surface area contributed by atoms with Crippen LogP contribution in [0, 0.1) is 11.8 Å². The maximum atomic E-state index is 13.6. The number of carbonyl (C=O) groups excluding carboxylic acids is 4. The molecule has 0 saturated carbocycles. The molecule has 3 saturated heterocycles. The number of rotatable bonds is 5. The molecule has 8 heteroatoms. The number of esters is 1. The highest BCUT2D eigenvalue weighted by molar-refractivity contribution is 6.30. The minimum Gasteiger partial charge on any atom is -0.462 e. The van der Waals surface area contributed by atoms with E-state index in [1.807, 2.05) is 4.90 Å². The van der Waals surface area contributed by atoms with Crippen LogP contribution >= 0.6 is 11.6 Å². The Hall–Kier alpha value is -3.03. The van der Waals surface area contributed by atoms with Crippen molar-refractivity contribution in [3.05, 3.63) is 64.7 Å². The summed E-state index contributed by atoms with van der Waals surface area (Å²) in [5.41, 5.74) is 1.22. The molecular weight excluding hydrogens is 444 g/mol. The quantitative estimate of drug-likeness (QED) is 0.382. The molecule has 5 rings (SSSR count). The van der Waals surface area contributed by atoms with Gasteiger partial charge in [0, 0.05) is 16.6 Å². The second kappa shape index (κ2) is 8.39. The lowest BCUT2D eigenvalue weighted by Crippen LogP contribution is -2.46. The van der Waals surface area contributed by atoms with E-state index in [9.17, 15) is 19.2 Å². The number of Topliss-reactive ketones (excluding diaryl/α,β-unsaturated/α-hetero) is 1. The molecule has 4 atom stereocenters. The van der Waals surface area contributed by atoms with Crippen molar-refractivity contribution in [2.24, 2.45) is 11.8 Å². The Morgan fingerprint density at radius 1 is 0.970 bits per heavy atom. The van der Waals surface area contributed by atoms with Gasteiger partial charge in [0.15, 0.2) is 5.78 Å². The number of hydrogen-bond acceptors (Lipinski definition) is 6. The summed E-state index contributed by atoms with van der Waals surface area (Å²) < 4.78 is 5.00. The zero-order valence-corrected chi connectivity index (χ0v) is 18.8. The predicted molar refractivity (Wildman–Crippen MR) is 121 cm³/mol. The van der Waals surface area contributed by atoms with Crippen LogP contribution in [0.4, 0.5) is 5.69 Å². The number of hydrogen-bond donors (Lipinski definition) is 0. The molecule has 170 valence electrons. The molecule has 3 heterocycles. The van der Waals surface area contributed by atoms with Crippen molar-refractivity contribution in [1.82, 2.24) is 4.90 Å². The van der Waals surface area contributed by atoms with Gasteiger partial charge >= 0.3 is 5.97 Å². The molecule has 0 aromatic heterocycles. The third-order valence-corrected chi connectivity index (χ3v) is 7.14. The van der Waals surface area contributed by atoms with Crippen LogP contribution in [-0.2, 0) is 14.3 Å². The number of fused-ring (bicyclic) bond motifs is 3. The van der Waals surface area contributed by atoms with Crippen LogP contribution in [0.2, 0.25) is 5.02 Å². The van der Waals surface area contributed by atoms with Gasteiger partial charge in [0.05, 0.1) is 35.7 Å². The highest BCUT2D eigenvalue weighted by Crippen LogP contribution is 2.48. The van der Waals surface area contributed by atoms with Crippen LogP contribution < -0.4 is 4.90 Å². The van der Waals surface area contributed by atoms with Crippen molar-refractivity contribution in [2.45, 2.75) is 31.8 Å². The molecule has 0 aliphatic carbocycles. The van der Waals surface area contributed by atoms with E-state index >= 15 is 0 Å². The molecular formula is C25H23ClN2O5. The van der Waals surface area contributed by atoms with Crippen LogP contribution in [0.1, 0.15) is 40.5 Å². The summed E-state index contributed by atoms with van der Waals surface area (Å²) in [5, 5.41) is 0.527. The maximum Gasteiger partial charge on any atom is 0.338 e. The van der Waals surface area contributed by atoms with Gasteiger partial charge in [0.1, 0.15) is 0 Å². The number of ether oxygens (including phenoxy) is 1. The lowest BCUT2D eigenvalue weighted by Gasteiger charge is -2.27. The summed E-state index contributed by atoms with van der Waals surface area (Å²) in [6.07, 6.45) is 1.66. The van der Waals surface area contributed by atoms with Crippen molar-refractivity contribution in [1.29, 1.82) is 0 Å². The van der Waals surface area contributed by atoms with Crippen molar-refractivity contribution in [3.8, 4) is 0 Å². The number of amides is 2. The van der Waals surface area contributed by atoms with Gasteiger partial charge in [0.2, 0.25) is 11.8 Å². The van der Waals surface area contributed by atoms with E-state index in [1.54, 1.807) is 55.5 Å². The molecule has 2 aromatic rings. The summed E-state index contributed by atoms with van der Waals surface area (Å²) in [6.45, 7) is 2.67. The Kier molecular flexibility index (Phi) is 5.54. The lowest BCUT2D eigenvalue weighted by molar-refractivity contribution is -0.123. The van der Waals surface area contributed by atoms with E-state index in [2.05, 4.69) is 0 Å². The monoisotopic (exact) mass is 466 g/mol. The average Bonchev–Trinajstić information content (AvgIpc) is 3.46. The third kappa shape index (κ3) is 3.47. The highest BCUT2D eigenvalue weighted by Gasteiger charge is 2.64. The number of nitrogens with zero attached hydrogens (tertiary/aromatic N) is 2. The zero-order chi connectivity index (χ0) is 23.3. The van der Waals surface area contributed by atoms with Gasteiger partial charge in [-0.05, 0) is 74.8 Å². The van der Waals surface area contributed by atoms with E-state index in [1.165, 1.54) is 4.90 Å². The summed E-state index contributed by atoms with van der Waals surface area (Å²) in [6, 6.07) is 12.1. The standard InChI is InChI=1S/C25H23ClN2O5/c1-2-33-25(32)15-7-11-17(12-8-15)28-23(30)19-18-4-3-13-27(18)21(20(19)24(28)31)22(29)14-5-9-16(26)10-6-14/h5-12,18-21H,2-4,13H2,1H3/t18-,19-,20-,21+/m0/s1. The first kappa shape index (κ1) is 21.8. The van der Waals surface area contributed by atoms with E-state index in [4.69, 9.17) is 16.3 Å². The van der Waals surface area contributed by atoms with Crippen LogP contribution in [0.3, 0.4) is 0 Å². The number of ketones is 1. The van der Waals surface area contributed by atoms with Gasteiger partial charge in [-0.2, -0.15) is 0 Å². The normalized spacial score (nSPS) is 26.4. The molecule has 2 aromatic carbocycles. The Bertz CT molecular complexity index is 1130. The van der Waals surface area contributed by atoms with E-state index in [0.29, 0.717) is 28.4 Å². The fourth-order valence-corrected chi connectivity index (χ4v) is 5.64. The molecule has 3 fully saturated rings. The summed E-state index contributed by atoms with van der Waals surface area (Å²) in [5.74, 6) is -2.54. The molecule has 3 aliphatic heterocycles. The van der Waals surface area contributed by atoms with Crippen molar-refractivity contribution >= 4 is 40.9 Å². The van der Waals surface area contributed by atoms with Crippen LogP contribution in [-0.4, -0.2) is 53.7 Å². The molecule has 0 N–H and O–H groups in total. The first-order valence-corrected chi connectivity index (χ1v) is 11.5. The first-order valence-electron chi connectivity index (χ1n) is 11.1. The Morgan fingerprint density at radius 2 is 1.61 bits per heavy atom. The van der Waals surface area contributed by atoms with E-state index < -0.39 is 23.8 Å². The van der Waals surface area contributed by atoms with Gasteiger partial charge in [-0.1, -0.05) is 11.6 Å². The molecule has 0 unspecified atom stereocenters. The fourth-order valence-electron chi connectivity index (χ4n) is 5.52. The molecule has 7 nitrogen and oxygen atoms in total. The number of imide groups is 1. The van der Waals surface area contributed by atoms with E-state index in [-0.39, 0.29) is 30.2 Å². The smallest absolute Gasteiger partial charge is 0.338 e. The average molecular weight is 467 g/mol. The number of anilines is 1. The summed E-state index contributed by atoms with van der Waals surface area (Å²) in [7, 11) is 0. The minimum absolute atomic E-state index is 0.128. The minimum atomic E-state index is -0.726. The largest absolute Gasteiger partial charge is 0.462 e. The van der Waals surface area contributed by atoms with Crippen LogP contribution in [0.15, 0.2) is 48.5 Å².